The largest absolute Gasteiger partial charge is 0.447 e. The Morgan fingerprint density at radius 1 is 1.24 bits per heavy atom. The molecule has 2 aliphatic heterocycles. The van der Waals surface area contributed by atoms with Crippen molar-refractivity contribution in [2.75, 3.05) is 31.1 Å². The summed E-state index contributed by atoms with van der Waals surface area (Å²) in [6.45, 7) is 9.60. The summed E-state index contributed by atoms with van der Waals surface area (Å²) in [4.78, 5) is 21.7. The second kappa shape index (κ2) is 8.07. The van der Waals surface area contributed by atoms with Crippen LogP contribution in [0.25, 0.3) is 0 Å². The van der Waals surface area contributed by atoms with Crippen LogP contribution in [0.15, 0.2) is 12.1 Å². The summed E-state index contributed by atoms with van der Waals surface area (Å²) < 4.78 is 5.41. The molecular weight excluding hydrogens is 314 g/mol. The average Bonchev–Trinajstić information content (AvgIpc) is 2.81. The van der Waals surface area contributed by atoms with Gasteiger partial charge in [0.15, 0.2) is 0 Å². The molecule has 1 amide bonds. The van der Waals surface area contributed by atoms with Crippen molar-refractivity contribution in [3.05, 3.63) is 23.4 Å². The van der Waals surface area contributed by atoms with Gasteiger partial charge in [-0.1, -0.05) is 13.0 Å². The monoisotopic (exact) mass is 345 g/mol. The van der Waals surface area contributed by atoms with Gasteiger partial charge in [0, 0.05) is 32.1 Å². The molecule has 5 heteroatoms. The van der Waals surface area contributed by atoms with Crippen LogP contribution >= 0.6 is 0 Å². The van der Waals surface area contributed by atoms with Gasteiger partial charge in [0.25, 0.3) is 0 Å². The minimum absolute atomic E-state index is 0.0814. The Balaban J connectivity index is 1.80. The van der Waals surface area contributed by atoms with Crippen molar-refractivity contribution in [3.63, 3.8) is 0 Å². The number of pyridine rings is 1. The van der Waals surface area contributed by atoms with E-state index in [-0.39, 0.29) is 18.1 Å². The standard InChI is InChI=1S/C20H31N3O2/c1-4-16-14-23(20(24)25-15(2)3)13-10-17-8-9-18(21-19(16)17)22-11-6-5-7-12-22/h8-9,15-16H,4-7,10-14H2,1-3H3/t16-/m0/s1. The van der Waals surface area contributed by atoms with Gasteiger partial charge < -0.3 is 14.5 Å². The third-order valence-electron chi connectivity index (χ3n) is 5.24. The van der Waals surface area contributed by atoms with Crippen molar-refractivity contribution in [1.82, 2.24) is 9.88 Å². The maximum Gasteiger partial charge on any atom is 0.410 e. The van der Waals surface area contributed by atoms with Crippen molar-refractivity contribution in [1.29, 1.82) is 0 Å². The van der Waals surface area contributed by atoms with Gasteiger partial charge in [-0.25, -0.2) is 9.78 Å². The van der Waals surface area contributed by atoms with E-state index in [1.807, 2.05) is 18.7 Å². The first-order chi connectivity index (χ1) is 12.1. The second-order valence-electron chi connectivity index (χ2n) is 7.50. The number of carbonyl (C=O) groups is 1. The quantitative estimate of drug-likeness (QED) is 0.831. The number of carbonyl (C=O) groups excluding carboxylic acids is 1. The normalized spacial score (nSPS) is 21.0. The molecule has 1 aromatic rings. The summed E-state index contributed by atoms with van der Waals surface area (Å²) in [5.41, 5.74) is 2.47. The second-order valence-corrected chi connectivity index (χ2v) is 7.50. The fraction of sp³-hybridized carbons (Fsp3) is 0.700. The highest BCUT2D eigenvalue weighted by molar-refractivity contribution is 5.68. The van der Waals surface area contributed by atoms with Crippen LogP contribution in [0.2, 0.25) is 0 Å². The van der Waals surface area contributed by atoms with Gasteiger partial charge in [-0.3, -0.25) is 0 Å². The van der Waals surface area contributed by atoms with Crippen LogP contribution in [-0.4, -0.2) is 48.3 Å². The maximum atomic E-state index is 12.4. The molecule has 0 unspecified atom stereocenters. The molecule has 0 aliphatic carbocycles. The van der Waals surface area contributed by atoms with E-state index in [1.54, 1.807) is 0 Å². The lowest BCUT2D eigenvalue weighted by Crippen LogP contribution is -2.36. The first kappa shape index (κ1) is 18.0. The van der Waals surface area contributed by atoms with Crippen molar-refractivity contribution in [2.24, 2.45) is 0 Å². The number of rotatable bonds is 3. The van der Waals surface area contributed by atoms with E-state index in [9.17, 15) is 4.79 Å². The maximum absolute atomic E-state index is 12.4. The van der Waals surface area contributed by atoms with Crippen molar-refractivity contribution < 1.29 is 9.53 Å². The van der Waals surface area contributed by atoms with E-state index in [4.69, 9.17) is 9.72 Å². The number of ether oxygens (including phenoxy) is 1. The number of anilines is 1. The Labute approximate surface area is 151 Å². The lowest BCUT2D eigenvalue weighted by molar-refractivity contribution is 0.0759. The molecule has 0 spiro atoms. The Morgan fingerprint density at radius 3 is 2.68 bits per heavy atom. The van der Waals surface area contributed by atoms with Gasteiger partial charge in [0.05, 0.1) is 11.8 Å². The number of aromatic nitrogens is 1. The predicted octanol–water partition coefficient (Wildman–Crippen LogP) is 3.97. The molecule has 5 nitrogen and oxygen atoms in total. The van der Waals surface area contributed by atoms with Crippen molar-refractivity contribution in [2.45, 2.75) is 64.9 Å². The van der Waals surface area contributed by atoms with Crippen LogP contribution in [-0.2, 0) is 11.2 Å². The number of amides is 1. The van der Waals surface area contributed by atoms with Crippen molar-refractivity contribution >= 4 is 11.9 Å². The van der Waals surface area contributed by atoms with Crippen LogP contribution in [0.5, 0.6) is 0 Å². The van der Waals surface area contributed by atoms with E-state index in [1.165, 1.54) is 30.5 Å². The summed E-state index contributed by atoms with van der Waals surface area (Å²) >= 11 is 0. The molecule has 1 aromatic heterocycles. The SMILES string of the molecule is CC[C@H]1CN(C(=O)OC(C)C)CCc2ccc(N3CCCCC3)nc21. The van der Waals surface area contributed by atoms with Crippen LogP contribution in [0, 0.1) is 0 Å². The minimum Gasteiger partial charge on any atom is -0.447 e. The highest BCUT2D eigenvalue weighted by Crippen LogP contribution is 2.30. The molecule has 0 aromatic carbocycles. The molecular formula is C20H31N3O2. The summed E-state index contributed by atoms with van der Waals surface area (Å²) in [5, 5.41) is 0. The number of nitrogens with zero attached hydrogens (tertiary/aromatic N) is 3. The van der Waals surface area contributed by atoms with Gasteiger partial charge >= 0.3 is 6.09 Å². The molecule has 2 aliphatic rings. The number of piperidine rings is 1. The highest BCUT2D eigenvalue weighted by atomic mass is 16.6. The molecule has 0 bridgehead atoms. The molecule has 1 saturated heterocycles. The first-order valence-corrected chi connectivity index (χ1v) is 9.78. The predicted molar refractivity (Wildman–Crippen MR) is 100 cm³/mol. The van der Waals surface area contributed by atoms with Crippen molar-refractivity contribution in [3.8, 4) is 0 Å². The van der Waals surface area contributed by atoms with E-state index >= 15 is 0 Å². The van der Waals surface area contributed by atoms with Crippen LogP contribution in [0.3, 0.4) is 0 Å². The smallest absolute Gasteiger partial charge is 0.410 e. The van der Waals surface area contributed by atoms with E-state index in [0.29, 0.717) is 13.1 Å². The molecule has 3 rings (SSSR count). The third kappa shape index (κ3) is 4.25. The molecule has 0 saturated carbocycles. The molecule has 3 heterocycles. The topological polar surface area (TPSA) is 45.7 Å². The fourth-order valence-corrected chi connectivity index (χ4v) is 3.82. The zero-order chi connectivity index (χ0) is 17.8. The minimum atomic E-state index is -0.197. The summed E-state index contributed by atoms with van der Waals surface area (Å²) in [6, 6.07) is 4.39. The van der Waals surface area contributed by atoms with Crippen LogP contribution in [0.4, 0.5) is 10.6 Å². The zero-order valence-corrected chi connectivity index (χ0v) is 15.8. The van der Waals surface area contributed by atoms with Gasteiger partial charge in [0.2, 0.25) is 0 Å². The van der Waals surface area contributed by atoms with Crippen LogP contribution < -0.4 is 4.90 Å². The Morgan fingerprint density at radius 2 is 2.00 bits per heavy atom. The van der Waals surface area contributed by atoms with Gasteiger partial charge in [-0.2, -0.15) is 0 Å². The van der Waals surface area contributed by atoms with E-state index in [0.717, 1.165) is 31.7 Å². The Kier molecular flexibility index (Phi) is 5.82. The van der Waals surface area contributed by atoms with E-state index < -0.39 is 0 Å². The molecule has 1 fully saturated rings. The number of fused-ring (bicyclic) bond motifs is 1. The van der Waals surface area contributed by atoms with Gasteiger partial charge in [-0.05, 0) is 57.6 Å². The number of hydrogen-bond acceptors (Lipinski definition) is 4. The average molecular weight is 345 g/mol. The molecule has 1 atom stereocenters. The van der Waals surface area contributed by atoms with Gasteiger partial charge in [-0.15, -0.1) is 0 Å². The van der Waals surface area contributed by atoms with Crippen LogP contribution in [0.1, 0.15) is 63.6 Å². The first-order valence-electron chi connectivity index (χ1n) is 9.78. The zero-order valence-electron chi connectivity index (χ0n) is 15.8. The molecule has 138 valence electrons. The summed E-state index contributed by atoms with van der Waals surface area (Å²) in [5.74, 6) is 1.39. The Bertz CT molecular complexity index is 597. The number of hydrogen-bond donors (Lipinski definition) is 0. The van der Waals surface area contributed by atoms with Gasteiger partial charge in [0.1, 0.15) is 5.82 Å². The lowest BCUT2D eigenvalue weighted by atomic mass is 9.97. The lowest BCUT2D eigenvalue weighted by Gasteiger charge is -2.29. The third-order valence-corrected chi connectivity index (χ3v) is 5.24. The Hall–Kier alpha value is -1.78. The summed E-state index contributed by atoms with van der Waals surface area (Å²) in [6.07, 6.45) is 5.39. The molecule has 25 heavy (non-hydrogen) atoms. The highest BCUT2D eigenvalue weighted by Gasteiger charge is 2.28. The summed E-state index contributed by atoms with van der Waals surface area (Å²) in [7, 11) is 0. The fourth-order valence-electron chi connectivity index (χ4n) is 3.82. The molecule has 0 N–H and O–H groups in total. The van der Waals surface area contributed by atoms with E-state index in [2.05, 4.69) is 24.0 Å². The molecule has 0 radical (unpaired) electrons.